The van der Waals surface area contributed by atoms with Crippen molar-refractivity contribution in [2.45, 2.75) is 18.4 Å². The zero-order chi connectivity index (χ0) is 15.5. The van der Waals surface area contributed by atoms with Gasteiger partial charge in [0, 0.05) is 6.61 Å². The summed E-state index contributed by atoms with van der Waals surface area (Å²) >= 11 is 5.96. The Labute approximate surface area is 126 Å². The lowest BCUT2D eigenvalue weighted by Crippen LogP contribution is -2.56. The molecule has 1 aliphatic rings. The molecule has 6 nitrogen and oxygen atoms in total. The number of carbonyl (C=O) groups is 2. The van der Waals surface area contributed by atoms with Crippen LogP contribution in [0.2, 0.25) is 5.02 Å². The summed E-state index contributed by atoms with van der Waals surface area (Å²) in [7, 11) is 0. The van der Waals surface area contributed by atoms with Crippen LogP contribution in [-0.4, -0.2) is 47.4 Å². The maximum absolute atomic E-state index is 12.3. The lowest BCUT2D eigenvalue weighted by Gasteiger charge is -2.36. The number of aliphatic hydroxyl groups is 1. The third-order valence-electron chi connectivity index (χ3n) is 3.46. The van der Waals surface area contributed by atoms with Gasteiger partial charge >= 0.3 is 5.97 Å². The van der Waals surface area contributed by atoms with Crippen molar-refractivity contribution in [1.82, 2.24) is 5.32 Å². The molecule has 1 aromatic rings. The fourth-order valence-corrected chi connectivity index (χ4v) is 2.52. The molecule has 0 bridgehead atoms. The zero-order valence-corrected chi connectivity index (χ0v) is 12.0. The number of aliphatic hydroxyl groups excluding tert-OH is 1. The summed E-state index contributed by atoms with van der Waals surface area (Å²) in [5.74, 6) is -1.58. The van der Waals surface area contributed by atoms with Gasteiger partial charge in [-0.2, -0.15) is 0 Å². The van der Waals surface area contributed by atoms with Crippen molar-refractivity contribution in [3.05, 3.63) is 34.3 Å². The molecule has 7 heteroatoms. The number of ether oxygens (including phenoxy) is 1. The summed E-state index contributed by atoms with van der Waals surface area (Å²) in [4.78, 5) is 23.1. The number of hydrogen-bond acceptors (Lipinski definition) is 4. The molecule has 1 saturated heterocycles. The second-order valence-corrected chi connectivity index (χ2v) is 5.46. The summed E-state index contributed by atoms with van der Waals surface area (Å²) in [6.07, 6.45) is 1.35. The second kappa shape index (κ2) is 6.43. The highest BCUT2D eigenvalue weighted by Gasteiger charge is 2.34. The highest BCUT2D eigenvalue weighted by atomic mass is 35.5. The fraction of sp³-hybridized carbons (Fsp3) is 0.429. The van der Waals surface area contributed by atoms with Crippen molar-refractivity contribution in [3.63, 3.8) is 0 Å². The van der Waals surface area contributed by atoms with E-state index in [9.17, 15) is 14.7 Å². The molecule has 114 valence electrons. The third kappa shape index (κ3) is 3.53. The van der Waals surface area contributed by atoms with Crippen molar-refractivity contribution < 1.29 is 24.5 Å². The molecule has 1 heterocycles. The number of aromatic carboxylic acids is 1. The minimum Gasteiger partial charge on any atom is -0.478 e. The lowest BCUT2D eigenvalue weighted by molar-refractivity contribution is -0.00538. The maximum atomic E-state index is 12.3. The van der Waals surface area contributed by atoms with E-state index in [1.165, 1.54) is 18.2 Å². The van der Waals surface area contributed by atoms with E-state index >= 15 is 0 Å². The van der Waals surface area contributed by atoms with Crippen LogP contribution in [0.15, 0.2) is 18.2 Å². The summed E-state index contributed by atoms with van der Waals surface area (Å²) < 4.78 is 5.31. The molecule has 1 amide bonds. The van der Waals surface area contributed by atoms with Gasteiger partial charge in [0.25, 0.3) is 5.91 Å². The smallest absolute Gasteiger partial charge is 0.335 e. The van der Waals surface area contributed by atoms with E-state index in [2.05, 4.69) is 5.32 Å². The summed E-state index contributed by atoms with van der Waals surface area (Å²) in [6, 6.07) is 3.89. The van der Waals surface area contributed by atoms with Crippen LogP contribution in [0.3, 0.4) is 0 Å². The van der Waals surface area contributed by atoms with Crippen LogP contribution in [0.1, 0.15) is 33.6 Å². The number of carbonyl (C=O) groups excluding carboxylic acids is 1. The zero-order valence-electron chi connectivity index (χ0n) is 11.3. The Morgan fingerprint density at radius 2 is 2.19 bits per heavy atom. The topological polar surface area (TPSA) is 95.9 Å². The van der Waals surface area contributed by atoms with Gasteiger partial charge in [-0.1, -0.05) is 11.6 Å². The quantitative estimate of drug-likeness (QED) is 0.779. The monoisotopic (exact) mass is 313 g/mol. The maximum Gasteiger partial charge on any atom is 0.335 e. The molecule has 0 aliphatic carbocycles. The first-order valence-corrected chi connectivity index (χ1v) is 6.89. The van der Waals surface area contributed by atoms with Gasteiger partial charge in [0.15, 0.2) is 0 Å². The molecule has 1 aliphatic heterocycles. The van der Waals surface area contributed by atoms with Gasteiger partial charge in [-0.05, 0) is 31.0 Å². The first-order chi connectivity index (χ1) is 9.97. The normalized spacial score (nSPS) is 21.8. The molecular weight excluding hydrogens is 298 g/mol. The molecule has 0 spiro atoms. The second-order valence-electron chi connectivity index (χ2n) is 5.05. The number of nitrogens with one attached hydrogen (secondary N) is 1. The fourth-order valence-electron chi connectivity index (χ4n) is 2.26. The molecule has 3 N–H and O–H groups in total. The molecular formula is C14H16ClNO5. The number of rotatable bonds is 4. The average molecular weight is 314 g/mol. The van der Waals surface area contributed by atoms with Crippen LogP contribution < -0.4 is 5.32 Å². The molecule has 0 saturated carbocycles. The van der Waals surface area contributed by atoms with Gasteiger partial charge in [0.1, 0.15) is 0 Å². The Morgan fingerprint density at radius 3 is 2.71 bits per heavy atom. The molecule has 0 aromatic heterocycles. The summed E-state index contributed by atoms with van der Waals surface area (Å²) in [5.41, 5.74) is -0.640. The van der Waals surface area contributed by atoms with Crippen molar-refractivity contribution in [2.75, 3.05) is 19.8 Å². The number of halogens is 1. The van der Waals surface area contributed by atoms with Crippen LogP contribution >= 0.6 is 11.6 Å². The highest BCUT2D eigenvalue weighted by molar-refractivity contribution is 6.34. The summed E-state index contributed by atoms with van der Waals surface area (Å²) in [6.45, 7) is 0.606. The molecule has 1 aromatic carbocycles. The standard InChI is InChI=1S/C14H16ClNO5/c15-11-6-9(13(19)20)2-3-10(11)12(18)16-14(7-17)4-1-5-21-8-14/h2-3,6,17H,1,4-5,7-8H2,(H,16,18)(H,19,20). The lowest BCUT2D eigenvalue weighted by atomic mass is 9.93. The largest absolute Gasteiger partial charge is 0.478 e. The van der Waals surface area contributed by atoms with Crippen LogP contribution in [0.4, 0.5) is 0 Å². The van der Waals surface area contributed by atoms with E-state index in [1.54, 1.807) is 0 Å². The first-order valence-electron chi connectivity index (χ1n) is 6.51. The highest BCUT2D eigenvalue weighted by Crippen LogP contribution is 2.22. The van der Waals surface area contributed by atoms with E-state index in [1.807, 2.05) is 0 Å². The average Bonchev–Trinajstić information content (AvgIpc) is 2.47. The Kier molecular flexibility index (Phi) is 4.82. The van der Waals surface area contributed by atoms with E-state index in [0.717, 1.165) is 6.42 Å². The first kappa shape index (κ1) is 15.8. The van der Waals surface area contributed by atoms with Crippen molar-refractivity contribution in [3.8, 4) is 0 Å². The van der Waals surface area contributed by atoms with Crippen molar-refractivity contribution in [2.24, 2.45) is 0 Å². The van der Waals surface area contributed by atoms with Gasteiger partial charge in [0.05, 0.1) is 34.9 Å². The number of hydrogen-bond donors (Lipinski definition) is 3. The van der Waals surface area contributed by atoms with Gasteiger partial charge in [-0.25, -0.2) is 4.79 Å². The third-order valence-corrected chi connectivity index (χ3v) is 3.78. The summed E-state index contributed by atoms with van der Waals surface area (Å²) in [5, 5.41) is 21.2. The van der Waals surface area contributed by atoms with Crippen molar-refractivity contribution in [1.29, 1.82) is 0 Å². The van der Waals surface area contributed by atoms with Crippen LogP contribution in [0.25, 0.3) is 0 Å². The number of amides is 1. The van der Waals surface area contributed by atoms with Gasteiger partial charge in [0.2, 0.25) is 0 Å². The van der Waals surface area contributed by atoms with Crippen molar-refractivity contribution >= 4 is 23.5 Å². The van der Waals surface area contributed by atoms with Gasteiger partial charge < -0.3 is 20.3 Å². The van der Waals surface area contributed by atoms with Crippen LogP contribution in [-0.2, 0) is 4.74 Å². The number of carboxylic acid groups (broad SMARTS) is 1. The Morgan fingerprint density at radius 1 is 1.43 bits per heavy atom. The molecule has 1 unspecified atom stereocenters. The van der Waals surface area contributed by atoms with Gasteiger partial charge in [-0.15, -0.1) is 0 Å². The SMILES string of the molecule is O=C(O)c1ccc(C(=O)NC2(CO)CCCOC2)c(Cl)c1. The molecule has 0 radical (unpaired) electrons. The Bertz CT molecular complexity index is 554. The Hall–Kier alpha value is -1.63. The van der Waals surface area contributed by atoms with E-state index in [0.29, 0.717) is 13.0 Å². The number of benzene rings is 1. The van der Waals surface area contributed by atoms with Crippen LogP contribution in [0.5, 0.6) is 0 Å². The van der Waals surface area contributed by atoms with Gasteiger partial charge in [-0.3, -0.25) is 4.79 Å². The predicted octanol–water partition coefficient (Wildman–Crippen LogP) is 1.31. The minimum absolute atomic E-state index is 0.00872. The minimum atomic E-state index is -1.11. The molecule has 21 heavy (non-hydrogen) atoms. The van der Waals surface area contributed by atoms with E-state index < -0.39 is 17.4 Å². The number of carboxylic acids is 1. The van der Waals surface area contributed by atoms with E-state index in [4.69, 9.17) is 21.4 Å². The molecule has 2 rings (SSSR count). The molecule has 1 atom stereocenters. The van der Waals surface area contributed by atoms with Crippen LogP contribution in [0, 0.1) is 0 Å². The Balaban J connectivity index is 2.18. The molecule has 1 fully saturated rings. The predicted molar refractivity (Wildman–Crippen MR) is 75.7 cm³/mol. The van der Waals surface area contributed by atoms with E-state index in [-0.39, 0.29) is 29.4 Å².